The van der Waals surface area contributed by atoms with Gasteiger partial charge in [0, 0.05) is 0 Å². The molecule has 0 radical (unpaired) electrons. The molecule has 0 aliphatic rings. The first-order valence-electron chi connectivity index (χ1n) is 9.05. The van der Waals surface area contributed by atoms with E-state index in [1.54, 1.807) is 0 Å². The summed E-state index contributed by atoms with van der Waals surface area (Å²) in [4.78, 5) is -2.05. The van der Waals surface area contributed by atoms with Gasteiger partial charge in [0.25, 0.3) is 0 Å². The second-order valence-electron chi connectivity index (χ2n) is 6.44. The van der Waals surface area contributed by atoms with Crippen molar-refractivity contribution in [2.75, 3.05) is 0 Å². The van der Waals surface area contributed by atoms with Crippen LogP contribution < -0.4 is 51.4 Å². The Bertz CT molecular complexity index is 360. The maximum Gasteiger partial charge on any atom is 1.00 e. The zero-order valence-corrected chi connectivity index (χ0v) is 19.4. The van der Waals surface area contributed by atoms with Gasteiger partial charge < -0.3 is 9.66 Å². The number of aliphatic hydroxyl groups is 1. The summed E-state index contributed by atoms with van der Waals surface area (Å²) in [6.07, 6.45) is 12.2. The van der Waals surface area contributed by atoms with Crippen LogP contribution >= 0.6 is 0 Å². The summed E-state index contributed by atoms with van der Waals surface area (Å²) in [5.41, 5.74) is 0. The Kier molecular flexibility index (Phi) is 18.3. The third-order valence-corrected chi connectivity index (χ3v) is 5.65. The van der Waals surface area contributed by atoms with Gasteiger partial charge in [0.2, 0.25) is 0 Å². The van der Waals surface area contributed by atoms with E-state index in [0.29, 0.717) is 12.8 Å². The van der Waals surface area contributed by atoms with Crippen LogP contribution in [-0.2, 0) is 10.1 Å². The number of hydrogen-bond donors (Lipinski definition) is 1. The SMILES string of the molecule is CCCCCCCCCC(O)(CCCCCCC)S(=O)(=O)[O-].[K+]. The van der Waals surface area contributed by atoms with E-state index in [2.05, 4.69) is 13.8 Å². The molecular formula is C17H35KO4S. The fourth-order valence-corrected chi connectivity index (χ4v) is 3.53. The standard InChI is InChI=1S/C17H36O4S.K/c1-3-5-7-9-10-12-14-16-17(18,22(19,20)21)15-13-11-8-6-4-2;/h18H,3-16H2,1-2H3,(H,19,20,21);/q;+1/p-1. The quantitative estimate of drug-likeness (QED) is 0.269. The molecule has 0 rings (SSSR count). The summed E-state index contributed by atoms with van der Waals surface area (Å²) in [6.45, 7) is 4.28. The van der Waals surface area contributed by atoms with Crippen LogP contribution in [0.15, 0.2) is 0 Å². The first-order valence-corrected chi connectivity index (χ1v) is 10.5. The molecule has 0 amide bonds. The monoisotopic (exact) mass is 374 g/mol. The Morgan fingerprint density at radius 3 is 1.35 bits per heavy atom. The van der Waals surface area contributed by atoms with Crippen LogP contribution in [0.1, 0.15) is 104 Å². The van der Waals surface area contributed by atoms with Crippen molar-refractivity contribution in [2.45, 2.75) is 109 Å². The van der Waals surface area contributed by atoms with Gasteiger partial charge in [-0.05, 0) is 25.7 Å². The molecule has 23 heavy (non-hydrogen) atoms. The summed E-state index contributed by atoms with van der Waals surface area (Å²) in [5, 5.41) is 10.2. The van der Waals surface area contributed by atoms with Crippen molar-refractivity contribution in [3.63, 3.8) is 0 Å². The van der Waals surface area contributed by atoms with E-state index in [4.69, 9.17) is 0 Å². The molecule has 0 heterocycles. The number of unbranched alkanes of at least 4 members (excludes halogenated alkanes) is 10. The third-order valence-electron chi connectivity index (χ3n) is 4.31. The molecule has 0 aliphatic carbocycles. The maximum absolute atomic E-state index is 11.4. The van der Waals surface area contributed by atoms with Gasteiger partial charge in [0.05, 0.1) is 0 Å². The zero-order valence-electron chi connectivity index (χ0n) is 15.5. The summed E-state index contributed by atoms with van der Waals surface area (Å²) >= 11 is 0. The Morgan fingerprint density at radius 1 is 0.739 bits per heavy atom. The summed E-state index contributed by atoms with van der Waals surface area (Å²) < 4.78 is 34.1. The van der Waals surface area contributed by atoms with Crippen molar-refractivity contribution in [3.8, 4) is 0 Å². The molecule has 0 saturated heterocycles. The van der Waals surface area contributed by atoms with E-state index in [9.17, 15) is 18.1 Å². The smallest absolute Gasteiger partial charge is 0.746 e. The predicted molar refractivity (Wildman–Crippen MR) is 90.6 cm³/mol. The van der Waals surface area contributed by atoms with Gasteiger partial charge in [0.1, 0.15) is 10.1 Å². The van der Waals surface area contributed by atoms with Crippen LogP contribution in [0.25, 0.3) is 0 Å². The molecule has 1 atom stereocenters. The maximum atomic E-state index is 11.4. The molecular weight excluding hydrogens is 339 g/mol. The van der Waals surface area contributed by atoms with Crippen LogP contribution in [0.2, 0.25) is 0 Å². The van der Waals surface area contributed by atoms with Gasteiger partial charge in [-0.25, -0.2) is 8.42 Å². The molecule has 6 heteroatoms. The largest absolute Gasteiger partial charge is 1.00 e. The zero-order chi connectivity index (χ0) is 16.9. The minimum Gasteiger partial charge on any atom is -0.746 e. The van der Waals surface area contributed by atoms with Crippen molar-refractivity contribution < 1.29 is 69.5 Å². The van der Waals surface area contributed by atoms with Crippen LogP contribution in [-0.4, -0.2) is 23.0 Å². The average molecular weight is 375 g/mol. The van der Waals surface area contributed by atoms with Crippen LogP contribution in [0.5, 0.6) is 0 Å². The van der Waals surface area contributed by atoms with Crippen molar-refractivity contribution in [1.82, 2.24) is 0 Å². The van der Waals surface area contributed by atoms with E-state index >= 15 is 0 Å². The molecule has 0 aromatic heterocycles. The number of hydrogen-bond acceptors (Lipinski definition) is 4. The van der Waals surface area contributed by atoms with Crippen molar-refractivity contribution >= 4 is 10.1 Å². The normalized spacial score (nSPS) is 14.3. The predicted octanol–water partition coefficient (Wildman–Crippen LogP) is 1.73. The van der Waals surface area contributed by atoms with E-state index in [0.717, 1.165) is 44.9 Å². The Hall–Kier alpha value is 1.51. The Morgan fingerprint density at radius 2 is 1.04 bits per heavy atom. The van der Waals surface area contributed by atoms with Gasteiger partial charge in [-0.1, -0.05) is 78.1 Å². The molecule has 0 aromatic rings. The van der Waals surface area contributed by atoms with E-state index in [1.807, 2.05) is 0 Å². The van der Waals surface area contributed by atoms with Crippen LogP contribution in [0, 0.1) is 0 Å². The van der Waals surface area contributed by atoms with Crippen molar-refractivity contribution in [1.29, 1.82) is 0 Å². The molecule has 0 fully saturated rings. The fourth-order valence-electron chi connectivity index (χ4n) is 2.74. The van der Waals surface area contributed by atoms with Gasteiger partial charge in [0.15, 0.2) is 4.93 Å². The summed E-state index contributed by atoms with van der Waals surface area (Å²) in [6, 6.07) is 0. The first-order chi connectivity index (χ1) is 10.4. The molecule has 0 aliphatic heterocycles. The van der Waals surface area contributed by atoms with Gasteiger partial charge in [-0.15, -0.1) is 0 Å². The van der Waals surface area contributed by atoms with Crippen molar-refractivity contribution in [3.05, 3.63) is 0 Å². The van der Waals surface area contributed by atoms with Gasteiger partial charge in [-0.2, -0.15) is 0 Å². The Labute approximate surface area is 186 Å². The molecule has 1 N–H and O–H groups in total. The second kappa shape index (κ2) is 15.7. The molecule has 0 bridgehead atoms. The average Bonchev–Trinajstić information content (AvgIpc) is 2.45. The molecule has 4 nitrogen and oxygen atoms in total. The fraction of sp³-hybridized carbons (Fsp3) is 1.00. The Balaban J connectivity index is 0. The van der Waals surface area contributed by atoms with Crippen molar-refractivity contribution in [2.24, 2.45) is 0 Å². The second-order valence-corrected chi connectivity index (χ2v) is 8.10. The molecule has 0 saturated carbocycles. The van der Waals surface area contributed by atoms with Gasteiger partial charge >= 0.3 is 51.4 Å². The van der Waals surface area contributed by atoms with E-state index in [1.165, 1.54) is 19.3 Å². The first kappa shape index (κ1) is 26.7. The number of rotatable bonds is 15. The minimum absolute atomic E-state index is 0. The molecule has 0 aromatic carbocycles. The van der Waals surface area contributed by atoms with E-state index in [-0.39, 0.29) is 64.2 Å². The summed E-state index contributed by atoms with van der Waals surface area (Å²) in [7, 11) is -4.65. The minimum atomic E-state index is -4.65. The molecule has 0 spiro atoms. The summed E-state index contributed by atoms with van der Waals surface area (Å²) in [5.74, 6) is 0. The third kappa shape index (κ3) is 13.4. The van der Waals surface area contributed by atoms with Gasteiger partial charge in [-0.3, -0.25) is 0 Å². The molecule has 134 valence electrons. The van der Waals surface area contributed by atoms with Crippen LogP contribution in [0.4, 0.5) is 0 Å². The van der Waals surface area contributed by atoms with E-state index < -0.39 is 15.1 Å². The topological polar surface area (TPSA) is 77.4 Å². The van der Waals surface area contributed by atoms with Crippen LogP contribution in [0.3, 0.4) is 0 Å². The molecule has 1 unspecified atom stereocenters.